The molecule has 178 valence electrons. The van der Waals surface area contributed by atoms with Gasteiger partial charge in [-0.2, -0.15) is 13.5 Å². The Kier molecular flexibility index (Phi) is 7.69. The first-order valence-electron chi connectivity index (χ1n) is 10.6. The number of hydrogen-bond acceptors (Lipinski definition) is 6. The molecule has 0 atom stereocenters. The molecule has 8 nitrogen and oxygen atoms in total. The Morgan fingerprint density at radius 2 is 1.73 bits per heavy atom. The lowest BCUT2D eigenvalue weighted by Crippen LogP contribution is -2.50. The maximum Gasteiger partial charge on any atom is 0.410 e. The molecular weight excluding hydrogens is 508 g/mol. The van der Waals surface area contributed by atoms with Crippen molar-refractivity contribution in [3.63, 3.8) is 0 Å². The molecule has 0 unspecified atom stereocenters. The number of halogens is 1. The zero-order valence-electron chi connectivity index (χ0n) is 19.2. The van der Waals surface area contributed by atoms with E-state index in [1.54, 1.807) is 29.2 Å². The summed E-state index contributed by atoms with van der Waals surface area (Å²) in [7, 11) is -3.75. The molecule has 1 aliphatic rings. The Hall–Kier alpha value is -2.59. The van der Waals surface area contributed by atoms with E-state index in [0.717, 1.165) is 21.3 Å². The van der Waals surface area contributed by atoms with Gasteiger partial charge in [-0.1, -0.05) is 39.7 Å². The third kappa shape index (κ3) is 6.94. The highest BCUT2D eigenvalue weighted by Crippen LogP contribution is 2.26. The lowest BCUT2D eigenvalue weighted by atomic mass is 10.1. The SMILES string of the molecule is Cc1ccc(S(=O)(=O)N/N=C/c2ccc(Br)cc2N2CCN(C(=O)OC(C)(C)C)CC2)cc1. The first-order valence-corrected chi connectivity index (χ1v) is 12.9. The van der Waals surface area contributed by atoms with Gasteiger partial charge in [-0.3, -0.25) is 0 Å². The molecule has 2 aromatic carbocycles. The van der Waals surface area contributed by atoms with Gasteiger partial charge in [0.2, 0.25) is 0 Å². The first kappa shape index (κ1) is 25.0. The molecule has 1 fully saturated rings. The van der Waals surface area contributed by atoms with E-state index >= 15 is 0 Å². The second-order valence-electron chi connectivity index (χ2n) is 8.82. The lowest BCUT2D eigenvalue weighted by molar-refractivity contribution is 0.0240. The summed E-state index contributed by atoms with van der Waals surface area (Å²) in [5.74, 6) is 0. The number of hydrogen-bond donors (Lipinski definition) is 1. The minimum absolute atomic E-state index is 0.152. The fourth-order valence-corrected chi connectivity index (χ4v) is 4.43. The summed E-state index contributed by atoms with van der Waals surface area (Å²) >= 11 is 3.50. The second-order valence-corrected chi connectivity index (χ2v) is 11.4. The number of sulfonamides is 1. The van der Waals surface area contributed by atoms with E-state index in [9.17, 15) is 13.2 Å². The quantitative estimate of drug-likeness (QED) is 0.458. The van der Waals surface area contributed by atoms with Crippen molar-refractivity contribution in [3.8, 4) is 0 Å². The van der Waals surface area contributed by atoms with Crippen molar-refractivity contribution in [3.05, 3.63) is 58.1 Å². The number of ether oxygens (including phenoxy) is 1. The minimum Gasteiger partial charge on any atom is -0.444 e. The number of carbonyl (C=O) groups excluding carboxylic acids is 1. The monoisotopic (exact) mass is 536 g/mol. The van der Waals surface area contributed by atoms with Crippen LogP contribution in [0.1, 0.15) is 31.9 Å². The number of hydrazone groups is 1. The van der Waals surface area contributed by atoms with E-state index in [2.05, 4.69) is 30.8 Å². The summed E-state index contributed by atoms with van der Waals surface area (Å²) < 4.78 is 31.3. The van der Waals surface area contributed by atoms with Crippen LogP contribution in [0.2, 0.25) is 0 Å². The zero-order chi connectivity index (χ0) is 24.2. The van der Waals surface area contributed by atoms with E-state index in [-0.39, 0.29) is 11.0 Å². The Bertz CT molecular complexity index is 1120. The number of benzene rings is 2. The average Bonchev–Trinajstić information content (AvgIpc) is 2.74. The van der Waals surface area contributed by atoms with Crippen LogP contribution in [-0.2, 0) is 14.8 Å². The Morgan fingerprint density at radius 1 is 1.09 bits per heavy atom. The van der Waals surface area contributed by atoms with Crippen molar-refractivity contribution in [1.29, 1.82) is 0 Å². The van der Waals surface area contributed by atoms with E-state index in [1.165, 1.54) is 6.21 Å². The fourth-order valence-electron chi connectivity index (χ4n) is 3.29. The normalized spacial score (nSPS) is 15.1. The van der Waals surface area contributed by atoms with Gasteiger partial charge in [0.25, 0.3) is 10.0 Å². The smallest absolute Gasteiger partial charge is 0.410 e. The van der Waals surface area contributed by atoms with Crippen LogP contribution in [0.25, 0.3) is 0 Å². The van der Waals surface area contributed by atoms with E-state index in [1.807, 2.05) is 45.9 Å². The standard InChI is InChI=1S/C23H29BrN4O4S/c1-17-5-9-20(10-6-17)33(30,31)26-25-16-18-7-8-19(24)15-21(18)27-11-13-28(14-12-27)22(29)32-23(2,3)4/h5-10,15-16,26H,11-14H2,1-4H3/b25-16+. The number of carbonyl (C=O) groups is 1. The van der Waals surface area contributed by atoms with Gasteiger partial charge in [0.05, 0.1) is 11.1 Å². The number of aryl methyl sites for hydroxylation is 1. The van der Waals surface area contributed by atoms with Gasteiger partial charge in [0.1, 0.15) is 5.60 Å². The largest absolute Gasteiger partial charge is 0.444 e. The second kappa shape index (κ2) is 10.1. The van der Waals surface area contributed by atoms with E-state index in [4.69, 9.17) is 4.74 Å². The molecule has 1 heterocycles. The van der Waals surface area contributed by atoms with Crippen LogP contribution < -0.4 is 9.73 Å². The number of amides is 1. The molecule has 0 bridgehead atoms. The summed E-state index contributed by atoms with van der Waals surface area (Å²) in [6.07, 6.45) is 1.18. The molecule has 3 rings (SSSR count). The molecule has 0 aromatic heterocycles. The van der Waals surface area contributed by atoms with Gasteiger partial charge in [-0.05, 0) is 52.0 Å². The fraction of sp³-hybridized carbons (Fsp3) is 0.391. The number of nitrogens with one attached hydrogen (secondary N) is 1. The maximum atomic E-state index is 12.5. The Balaban J connectivity index is 1.70. The van der Waals surface area contributed by atoms with Crippen LogP contribution in [0.3, 0.4) is 0 Å². The van der Waals surface area contributed by atoms with Gasteiger partial charge in [-0.25, -0.2) is 9.63 Å². The lowest BCUT2D eigenvalue weighted by Gasteiger charge is -2.37. The van der Waals surface area contributed by atoms with Crippen LogP contribution in [0, 0.1) is 6.92 Å². The van der Waals surface area contributed by atoms with Gasteiger partial charge in [-0.15, -0.1) is 0 Å². The van der Waals surface area contributed by atoms with Crippen molar-refractivity contribution < 1.29 is 17.9 Å². The number of nitrogens with zero attached hydrogens (tertiary/aromatic N) is 3. The van der Waals surface area contributed by atoms with Crippen LogP contribution in [0.5, 0.6) is 0 Å². The molecule has 0 saturated carbocycles. The molecule has 0 spiro atoms. The van der Waals surface area contributed by atoms with Crippen LogP contribution in [-0.4, -0.2) is 57.4 Å². The third-order valence-electron chi connectivity index (χ3n) is 4.97. The molecule has 1 saturated heterocycles. The molecule has 1 aliphatic heterocycles. The number of rotatable bonds is 5. The summed E-state index contributed by atoms with van der Waals surface area (Å²) in [6.45, 7) is 9.72. The van der Waals surface area contributed by atoms with Gasteiger partial charge < -0.3 is 14.5 Å². The molecular formula is C23H29BrN4O4S. The molecule has 0 aliphatic carbocycles. The highest BCUT2D eigenvalue weighted by atomic mass is 79.9. The van der Waals surface area contributed by atoms with Gasteiger partial charge in [0.15, 0.2) is 0 Å². The number of anilines is 1. The third-order valence-corrected chi connectivity index (χ3v) is 6.70. The maximum absolute atomic E-state index is 12.5. The zero-order valence-corrected chi connectivity index (χ0v) is 21.6. The molecule has 10 heteroatoms. The van der Waals surface area contributed by atoms with E-state index < -0.39 is 15.6 Å². The predicted molar refractivity (Wildman–Crippen MR) is 133 cm³/mol. The van der Waals surface area contributed by atoms with Crippen molar-refractivity contribution in [2.75, 3.05) is 31.1 Å². The molecule has 1 amide bonds. The van der Waals surface area contributed by atoms with Crippen LogP contribution >= 0.6 is 15.9 Å². The number of piperazine rings is 1. The Labute approximate surface area is 203 Å². The van der Waals surface area contributed by atoms with Crippen LogP contribution in [0.4, 0.5) is 10.5 Å². The van der Waals surface area contributed by atoms with Crippen molar-refractivity contribution in [2.45, 2.75) is 38.2 Å². The van der Waals surface area contributed by atoms with E-state index in [0.29, 0.717) is 26.2 Å². The summed E-state index contributed by atoms with van der Waals surface area (Å²) in [4.78, 5) is 18.6. The Morgan fingerprint density at radius 3 is 2.33 bits per heavy atom. The predicted octanol–water partition coefficient (Wildman–Crippen LogP) is 4.13. The highest BCUT2D eigenvalue weighted by molar-refractivity contribution is 9.10. The van der Waals surface area contributed by atoms with Crippen molar-refractivity contribution >= 4 is 43.9 Å². The van der Waals surface area contributed by atoms with Crippen molar-refractivity contribution in [1.82, 2.24) is 9.73 Å². The molecule has 0 radical (unpaired) electrons. The molecule has 2 aromatic rings. The summed E-state index contributed by atoms with van der Waals surface area (Å²) in [5, 5.41) is 3.99. The van der Waals surface area contributed by atoms with Gasteiger partial charge >= 0.3 is 6.09 Å². The molecule has 33 heavy (non-hydrogen) atoms. The summed E-state index contributed by atoms with van der Waals surface area (Å²) in [6, 6.07) is 12.3. The summed E-state index contributed by atoms with van der Waals surface area (Å²) in [5.41, 5.74) is 2.10. The first-order chi connectivity index (χ1) is 15.4. The topological polar surface area (TPSA) is 91.3 Å². The van der Waals surface area contributed by atoms with Crippen molar-refractivity contribution in [2.24, 2.45) is 5.10 Å². The van der Waals surface area contributed by atoms with Gasteiger partial charge in [0, 0.05) is 41.9 Å². The highest BCUT2D eigenvalue weighted by Gasteiger charge is 2.26. The average molecular weight is 537 g/mol. The van der Waals surface area contributed by atoms with Crippen LogP contribution in [0.15, 0.2) is 56.9 Å². The minimum atomic E-state index is -3.75. The molecule has 1 N–H and O–H groups in total.